The van der Waals surface area contributed by atoms with Gasteiger partial charge in [0.1, 0.15) is 11.4 Å². The minimum absolute atomic E-state index is 0.0198. The van der Waals surface area contributed by atoms with Gasteiger partial charge >= 0.3 is 12.1 Å². The van der Waals surface area contributed by atoms with Crippen LogP contribution in [0.5, 0.6) is 0 Å². The van der Waals surface area contributed by atoms with E-state index in [1.165, 1.54) is 0 Å². The maximum Gasteiger partial charge on any atom is 0.436 e. The van der Waals surface area contributed by atoms with E-state index in [1.54, 1.807) is 4.90 Å². The topological polar surface area (TPSA) is 58.4 Å². The summed E-state index contributed by atoms with van der Waals surface area (Å²) in [6, 6.07) is 7.56. The molecule has 0 atom stereocenters. The number of hydrogen-bond donors (Lipinski definition) is 1. The molecule has 0 fully saturated rings. The Morgan fingerprint density at radius 1 is 1.35 bits per heavy atom. The van der Waals surface area contributed by atoms with Gasteiger partial charge < -0.3 is 10.0 Å². The number of nitrogens with zero attached hydrogens (tertiary/aromatic N) is 3. The predicted molar refractivity (Wildman–Crippen MR) is 76.4 cm³/mol. The molecule has 0 saturated heterocycles. The largest absolute Gasteiger partial charge is 0.477 e. The first-order valence-corrected chi connectivity index (χ1v) is 6.99. The Kier molecular flexibility index (Phi) is 3.54. The van der Waals surface area contributed by atoms with Crippen molar-refractivity contribution in [2.24, 2.45) is 0 Å². The Morgan fingerprint density at radius 2 is 2.09 bits per heavy atom. The van der Waals surface area contributed by atoms with E-state index in [0.717, 1.165) is 15.8 Å². The lowest BCUT2D eigenvalue weighted by Crippen LogP contribution is -2.23. The first-order valence-electron chi connectivity index (χ1n) is 6.99. The Balaban J connectivity index is 2.01. The molecule has 1 aromatic carbocycles. The summed E-state index contributed by atoms with van der Waals surface area (Å²) in [5, 5.41) is 12.7. The minimum Gasteiger partial charge on any atom is -0.477 e. The van der Waals surface area contributed by atoms with E-state index in [1.807, 2.05) is 31.2 Å². The number of carboxylic acid groups (broad SMARTS) is 1. The Hall–Kier alpha value is -2.51. The highest BCUT2D eigenvalue weighted by Gasteiger charge is 2.44. The second-order valence-corrected chi connectivity index (χ2v) is 5.48. The second-order valence-electron chi connectivity index (χ2n) is 5.48. The van der Waals surface area contributed by atoms with Crippen molar-refractivity contribution in [2.75, 3.05) is 11.4 Å². The van der Waals surface area contributed by atoms with E-state index in [-0.39, 0.29) is 12.4 Å². The van der Waals surface area contributed by atoms with Crippen molar-refractivity contribution < 1.29 is 23.1 Å². The maximum atomic E-state index is 13.0. The van der Waals surface area contributed by atoms with Crippen LogP contribution in [0.15, 0.2) is 24.3 Å². The zero-order chi connectivity index (χ0) is 16.8. The van der Waals surface area contributed by atoms with Gasteiger partial charge in [0.2, 0.25) is 0 Å². The molecule has 1 aliphatic rings. The van der Waals surface area contributed by atoms with Crippen molar-refractivity contribution in [1.82, 2.24) is 9.78 Å². The fraction of sp³-hybridized carbons (Fsp3) is 0.333. The van der Waals surface area contributed by atoms with Crippen molar-refractivity contribution in [1.29, 1.82) is 0 Å². The number of alkyl halides is 3. The SMILES string of the molecule is Cc1cccc(CN2CCn3nc(C(F)(F)F)c(C(=O)O)c32)c1. The van der Waals surface area contributed by atoms with E-state index in [0.29, 0.717) is 13.1 Å². The third-order valence-electron chi connectivity index (χ3n) is 3.75. The summed E-state index contributed by atoms with van der Waals surface area (Å²) < 4.78 is 40.2. The van der Waals surface area contributed by atoms with Crippen LogP contribution in [0.3, 0.4) is 0 Å². The average Bonchev–Trinajstić information content (AvgIpc) is 2.98. The van der Waals surface area contributed by atoms with E-state index < -0.39 is 23.4 Å². The number of aromatic nitrogens is 2. The summed E-state index contributed by atoms with van der Waals surface area (Å²) in [4.78, 5) is 13.0. The summed E-state index contributed by atoms with van der Waals surface area (Å²) >= 11 is 0. The van der Waals surface area contributed by atoms with Crippen LogP contribution < -0.4 is 4.90 Å². The first kappa shape index (κ1) is 15.4. The van der Waals surface area contributed by atoms with Gasteiger partial charge in [0.05, 0.1) is 6.54 Å². The van der Waals surface area contributed by atoms with Crippen LogP contribution in [0, 0.1) is 6.92 Å². The molecular weight excluding hydrogens is 311 g/mol. The summed E-state index contributed by atoms with van der Waals surface area (Å²) in [6.07, 6.45) is -4.79. The van der Waals surface area contributed by atoms with Crippen LogP contribution in [0.25, 0.3) is 0 Å². The average molecular weight is 325 g/mol. The predicted octanol–water partition coefficient (Wildman–Crippen LogP) is 2.93. The number of rotatable bonds is 3. The highest BCUT2D eigenvalue weighted by Crippen LogP contribution is 2.38. The second kappa shape index (κ2) is 5.29. The zero-order valence-corrected chi connectivity index (χ0v) is 12.3. The van der Waals surface area contributed by atoms with Crippen LogP contribution >= 0.6 is 0 Å². The molecule has 1 aromatic heterocycles. The minimum atomic E-state index is -4.79. The van der Waals surface area contributed by atoms with Crippen molar-refractivity contribution in [3.8, 4) is 0 Å². The molecule has 0 saturated carbocycles. The number of carboxylic acids is 1. The van der Waals surface area contributed by atoms with Gasteiger partial charge in [-0.15, -0.1) is 0 Å². The summed E-state index contributed by atoms with van der Waals surface area (Å²) in [7, 11) is 0. The molecule has 0 spiro atoms. The Morgan fingerprint density at radius 3 is 2.70 bits per heavy atom. The first-order chi connectivity index (χ1) is 10.8. The van der Waals surface area contributed by atoms with Crippen LogP contribution in [-0.2, 0) is 19.3 Å². The molecular formula is C15H14F3N3O2. The van der Waals surface area contributed by atoms with E-state index in [9.17, 15) is 23.1 Å². The molecule has 23 heavy (non-hydrogen) atoms. The van der Waals surface area contributed by atoms with Gasteiger partial charge in [-0.25, -0.2) is 9.48 Å². The molecule has 3 rings (SSSR count). The number of halogens is 3. The van der Waals surface area contributed by atoms with E-state index in [2.05, 4.69) is 5.10 Å². The van der Waals surface area contributed by atoms with Crippen LogP contribution in [-0.4, -0.2) is 27.4 Å². The molecule has 1 aliphatic heterocycles. The van der Waals surface area contributed by atoms with Crippen molar-refractivity contribution in [3.63, 3.8) is 0 Å². The van der Waals surface area contributed by atoms with Crippen molar-refractivity contribution in [3.05, 3.63) is 46.6 Å². The van der Waals surface area contributed by atoms with Gasteiger partial charge in [0.15, 0.2) is 5.69 Å². The number of fused-ring (bicyclic) bond motifs is 1. The molecule has 0 bridgehead atoms. The summed E-state index contributed by atoms with van der Waals surface area (Å²) in [6.45, 7) is 2.92. The highest BCUT2D eigenvalue weighted by molar-refractivity contribution is 5.95. The number of anilines is 1. The number of aryl methyl sites for hydroxylation is 1. The molecule has 122 valence electrons. The maximum absolute atomic E-state index is 13.0. The van der Waals surface area contributed by atoms with Crippen LogP contribution in [0.1, 0.15) is 27.2 Å². The molecule has 0 unspecified atom stereocenters. The fourth-order valence-electron chi connectivity index (χ4n) is 2.83. The number of benzene rings is 1. The summed E-state index contributed by atoms with van der Waals surface area (Å²) in [5.74, 6) is -1.60. The molecule has 2 heterocycles. The highest BCUT2D eigenvalue weighted by atomic mass is 19.4. The third kappa shape index (κ3) is 2.76. The standard InChI is InChI=1S/C15H14F3N3O2/c1-9-3-2-4-10(7-9)8-20-5-6-21-13(20)11(14(22)23)12(19-21)15(16,17)18/h2-4,7H,5-6,8H2,1H3,(H,22,23). The summed E-state index contributed by atoms with van der Waals surface area (Å²) in [5.41, 5.74) is -0.175. The molecule has 8 heteroatoms. The molecule has 0 aliphatic carbocycles. The fourth-order valence-corrected chi connectivity index (χ4v) is 2.83. The lowest BCUT2D eigenvalue weighted by atomic mass is 10.1. The van der Waals surface area contributed by atoms with Crippen LogP contribution in [0.4, 0.5) is 19.0 Å². The quantitative estimate of drug-likeness (QED) is 0.943. The molecule has 1 N–H and O–H groups in total. The van der Waals surface area contributed by atoms with Gasteiger partial charge in [-0.2, -0.15) is 18.3 Å². The monoisotopic (exact) mass is 325 g/mol. The molecule has 5 nitrogen and oxygen atoms in total. The smallest absolute Gasteiger partial charge is 0.436 e. The molecule has 0 amide bonds. The zero-order valence-electron chi connectivity index (χ0n) is 12.3. The van der Waals surface area contributed by atoms with Crippen molar-refractivity contribution >= 4 is 11.8 Å². The van der Waals surface area contributed by atoms with Gasteiger partial charge in [0, 0.05) is 13.1 Å². The number of carbonyl (C=O) groups is 1. The van der Waals surface area contributed by atoms with E-state index >= 15 is 0 Å². The van der Waals surface area contributed by atoms with E-state index in [4.69, 9.17) is 0 Å². The van der Waals surface area contributed by atoms with Gasteiger partial charge in [-0.3, -0.25) is 0 Å². The third-order valence-corrected chi connectivity index (χ3v) is 3.75. The lowest BCUT2D eigenvalue weighted by Gasteiger charge is -2.18. The van der Waals surface area contributed by atoms with Gasteiger partial charge in [-0.1, -0.05) is 29.8 Å². The van der Waals surface area contributed by atoms with Gasteiger partial charge in [-0.05, 0) is 12.5 Å². The Labute approximate surface area is 129 Å². The van der Waals surface area contributed by atoms with Crippen LogP contribution in [0.2, 0.25) is 0 Å². The number of aromatic carboxylic acids is 1. The number of hydrogen-bond acceptors (Lipinski definition) is 3. The van der Waals surface area contributed by atoms with Crippen molar-refractivity contribution in [2.45, 2.75) is 26.2 Å². The van der Waals surface area contributed by atoms with Gasteiger partial charge in [0.25, 0.3) is 0 Å². The molecule has 0 radical (unpaired) electrons. The normalized spacial score (nSPS) is 14.2. The molecule has 2 aromatic rings. The lowest BCUT2D eigenvalue weighted by molar-refractivity contribution is -0.142. The Bertz CT molecular complexity index is 768.